The smallest absolute Gasteiger partial charge is 0.255 e. The van der Waals surface area contributed by atoms with E-state index >= 15 is 0 Å². The molecular formula is C20H12ClFN2OS. The summed E-state index contributed by atoms with van der Waals surface area (Å²) in [5.74, 6) is -0.745. The molecule has 128 valence electrons. The topological polar surface area (TPSA) is 42.0 Å². The van der Waals surface area contributed by atoms with Crippen molar-refractivity contribution in [3.63, 3.8) is 0 Å². The Hall–Kier alpha value is -2.76. The number of amides is 1. The van der Waals surface area contributed by atoms with Gasteiger partial charge in [-0.2, -0.15) is 0 Å². The number of hydrogen-bond acceptors (Lipinski definition) is 3. The summed E-state index contributed by atoms with van der Waals surface area (Å²) >= 11 is 7.80. The fourth-order valence-electron chi connectivity index (χ4n) is 2.55. The van der Waals surface area contributed by atoms with Gasteiger partial charge in [-0.1, -0.05) is 29.8 Å². The van der Waals surface area contributed by atoms with Crippen molar-refractivity contribution in [3.05, 3.63) is 83.1 Å². The molecule has 1 N–H and O–H groups in total. The number of hydrogen-bond donors (Lipinski definition) is 1. The van der Waals surface area contributed by atoms with Gasteiger partial charge >= 0.3 is 0 Å². The first kappa shape index (κ1) is 16.7. The van der Waals surface area contributed by atoms with Crippen LogP contribution in [0.1, 0.15) is 10.4 Å². The highest BCUT2D eigenvalue weighted by atomic mass is 35.5. The van der Waals surface area contributed by atoms with Crippen LogP contribution in [-0.4, -0.2) is 10.9 Å². The zero-order chi connectivity index (χ0) is 18.1. The van der Waals surface area contributed by atoms with Gasteiger partial charge in [-0.15, -0.1) is 11.3 Å². The average molecular weight is 383 g/mol. The number of benzene rings is 3. The highest BCUT2D eigenvalue weighted by molar-refractivity contribution is 7.21. The summed E-state index contributed by atoms with van der Waals surface area (Å²) in [6.07, 6.45) is 0. The Labute approximate surface area is 158 Å². The molecule has 6 heteroatoms. The normalized spacial score (nSPS) is 10.8. The Morgan fingerprint density at radius 3 is 2.58 bits per heavy atom. The first-order valence-electron chi connectivity index (χ1n) is 7.82. The number of halogens is 2. The number of carbonyl (C=O) groups excluding carboxylic acids is 1. The molecule has 0 aliphatic rings. The van der Waals surface area contributed by atoms with Crippen molar-refractivity contribution in [1.29, 1.82) is 0 Å². The van der Waals surface area contributed by atoms with E-state index in [0.29, 0.717) is 16.3 Å². The number of fused-ring (bicyclic) bond motifs is 1. The van der Waals surface area contributed by atoms with Gasteiger partial charge in [0.25, 0.3) is 5.91 Å². The van der Waals surface area contributed by atoms with Gasteiger partial charge in [-0.05, 0) is 48.5 Å². The SMILES string of the molecule is O=C(Nc1cc(-c2nc3ccccc3s2)ccc1Cl)c1ccc(F)cc1. The molecule has 3 nitrogen and oxygen atoms in total. The van der Waals surface area contributed by atoms with Gasteiger partial charge < -0.3 is 5.32 Å². The van der Waals surface area contributed by atoms with Crippen LogP contribution in [0.3, 0.4) is 0 Å². The summed E-state index contributed by atoms with van der Waals surface area (Å²) in [5, 5.41) is 4.04. The molecule has 26 heavy (non-hydrogen) atoms. The molecule has 0 aliphatic heterocycles. The molecule has 4 aromatic rings. The largest absolute Gasteiger partial charge is 0.321 e. The number of anilines is 1. The van der Waals surface area contributed by atoms with Gasteiger partial charge in [0.1, 0.15) is 10.8 Å². The molecule has 0 saturated heterocycles. The molecule has 1 amide bonds. The number of para-hydroxylation sites is 1. The lowest BCUT2D eigenvalue weighted by Crippen LogP contribution is -2.12. The molecule has 0 atom stereocenters. The molecule has 0 bridgehead atoms. The van der Waals surface area contributed by atoms with Gasteiger partial charge in [0.05, 0.1) is 20.9 Å². The van der Waals surface area contributed by atoms with Gasteiger partial charge in [-0.3, -0.25) is 4.79 Å². The molecule has 3 aromatic carbocycles. The Balaban J connectivity index is 1.65. The van der Waals surface area contributed by atoms with Crippen LogP contribution >= 0.6 is 22.9 Å². The van der Waals surface area contributed by atoms with Crippen molar-refractivity contribution in [1.82, 2.24) is 4.98 Å². The third-order valence-corrected chi connectivity index (χ3v) is 5.28. The van der Waals surface area contributed by atoms with E-state index in [1.54, 1.807) is 23.5 Å². The molecule has 0 radical (unpaired) electrons. The standard InChI is InChI=1S/C20H12ClFN2OS/c21-15-10-7-13(20-24-16-3-1-2-4-18(16)26-20)11-17(15)23-19(25)12-5-8-14(22)9-6-12/h1-11H,(H,23,25). The summed E-state index contributed by atoms with van der Waals surface area (Å²) in [6, 6.07) is 18.6. The summed E-state index contributed by atoms with van der Waals surface area (Å²) in [6.45, 7) is 0. The molecule has 0 fully saturated rings. The van der Waals surface area contributed by atoms with Crippen molar-refractivity contribution >= 4 is 44.7 Å². The minimum Gasteiger partial charge on any atom is -0.321 e. The van der Waals surface area contributed by atoms with E-state index in [2.05, 4.69) is 10.3 Å². The van der Waals surface area contributed by atoms with Gasteiger partial charge in [0, 0.05) is 11.1 Å². The Morgan fingerprint density at radius 1 is 1.04 bits per heavy atom. The van der Waals surface area contributed by atoms with Crippen LogP contribution in [0, 0.1) is 5.82 Å². The zero-order valence-electron chi connectivity index (χ0n) is 13.4. The highest BCUT2D eigenvalue weighted by Gasteiger charge is 2.12. The van der Waals surface area contributed by atoms with E-state index in [-0.39, 0.29) is 5.91 Å². The molecular weight excluding hydrogens is 371 g/mol. The second-order valence-corrected chi connectivity index (χ2v) is 7.08. The number of nitrogens with zero attached hydrogens (tertiary/aromatic N) is 1. The minimum absolute atomic E-state index is 0.353. The van der Waals surface area contributed by atoms with Crippen LogP contribution in [0.15, 0.2) is 66.7 Å². The molecule has 0 aliphatic carbocycles. The average Bonchev–Trinajstić information content (AvgIpc) is 3.08. The molecule has 0 saturated carbocycles. The van der Waals surface area contributed by atoms with E-state index in [9.17, 15) is 9.18 Å². The van der Waals surface area contributed by atoms with E-state index in [0.717, 1.165) is 20.8 Å². The Kier molecular flexibility index (Phi) is 4.41. The first-order valence-corrected chi connectivity index (χ1v) is 9.02. The fraction of sp³-hybridized carbons (Fsp3) is 0. The Morgan fingerprint density at radius 2 is 1.81 bits per heavy atom. The maximum atomic E-state index is 13.0. The van der Waals surface area contributed by atoms with Crippen LogP contribution in [0.4, 0.5) is 10.1 Å². The van der Waals surface area contributed by atoms with Gasteiger partial charge in [0.15, 0.2) is 0 Å². The number of thiazole rings is 1. The third kappa shape index (κ3) is 3.31. The lowest BCUT2D eigenvalue weighted by atomic mass is 10.1. The van der Waals surface area contributed by atoms with Crippen molar-refractivity contribution in [3.8, 4) is 10.6 Å². The highest BCUT2D eigenvalue weighted by Crippen LogP contribution is 2.34. The first-order chi connectivity index (χ1) is 12.6. The van der Waals surface area contributed by atoms with Crippen LogP contribution in [0.25, 0.3) is 20.8 Å². The predicted octanol–water partition coefficient (Wildman–Crippen LogP) is 6.01. The molecule has 4 rings (SSSR count). The van der Waals surface area contributed by atoms with Crippen molar-refractivity contribution in [2.75, 3.05) is 5.32 Å². The second-order valence-electron chi connectivity index (χ2n) is 5.64. The quantitative estimate of drug-likeness (QED) is 0.471. The van der Waals surface area contributed by atoms with Crippen LogP contribution in [0.2, 0.25) is 5.02 Å². The maximum Gasteiger partial charge on any atom is 0.255 e. The van der Waals surface area contributed by atoms with Crippen molar-refractivity contribution in [2.24, 2.45) is 0 Å². The lowest BCUT2D eigenvalue weighted by Gasteiger charge is -2.09. The monoisotopic (exact) mass is 382 g/mol. The van der Waals surface area contributed by atoms with E-state index in [4.69, 9.17) is 11.6 Å². The third-order valence-electron chi connectivity index (χ3n) is 3.86. The number of rotatable bonds is 3. The second kappa shape index (κ2) is 6.86. The molecule has 1 heterocycles. The summed E-state index contributed by atoms with van der Waals surface area (Å²) < 4.78 is 14.1. The van der Waals surface area contributed by atoms with Gasteiger partial charge in [0.2, 0.25) is 0 Å². The molecule has 0 spiro atoms. The maximum absolute atomic E-state index is 13.0. The van der Waals surface area contributed by atoms with E-state index < -0.39 is 5.82 Å². The number of nitrogens with one attached hydrogen (secondary N) is 1. The zero-order valence-corrected chi connectivity index (χ0v) is 14.9. The predicted molar refractivity (Wildman–Crippen MR) is 104 cm³/mol. The van der Waals surface area contributed by atoms with Crippen LogP contribution in [-0.2, 0) is 0 Å². The number of carbonyl (C=O) groups is 1. The van der Waals surface area contributed by atoms with Crippen LogP contribution in [0.5, 0.6) is 0 Å². The van der Waals surface area contributed by atoms with E-state index in [1.165, 1.54) is 24.3 Å². The minimum atomic E-state index is -0.391. The summed E-state index contributed by atoms with van der Waals surface area (Å²) in [5.41, 5.74) is 2.63. The molecule has 1 aromatic heterocycles. The van der Waals surface area contributed by atoms with Crippen molar-refractivity contribution < 1.29 is 9.18 Å². The van der Waals surface area contributed by atoms with E-state index in [1.807, 2.05) is 30.3 Å². The summed E-state index contributed by atoms with van der Waals surface area (Å²) in [7, 11) is 0. The van der Waals surface area contributed by atoms with Crippen LogP contribution < -0.4 is 5.32 Å². The van der Waals surface area contributed by atoms with Crippen molar-refractivity contribution in [2.45, 2.75) is 0 Å². The molecule has 0 unspecified atom stereocenters. The number of aromatic nitrogens is 1. The Bertz CT molecular complexity index is 1080. The lowest BCUT2D eigenvalue weighted by molar-refractivity contribution is 0.102. The fourth-order valence-corrected chi connectivity index (χ4v) is 3.67. The summed E-state index contributed by atoms with van der Waals surface area (Å²) in [4.78, 5) is 17.0. The van der Waals surface area contributed by atoms with Gasteiger partial charge in [-0.25, -0.2) is 9.37 Å².